The van der Waals surface area contributed by atoms with Gasteiger partial charge < -0.3 is 14.6 Å². The lowest BCUT2D eigenvalue weighted by Gasteiger charge is -2.24. The normalized spacial score (nSPS) is 30.2. The van der Waals surface area contributed by atoms with Crippen LogP contribution in [0, 0.1) is 6.92 Å². The highest BCUT2D eigenvalue weighted by atomic mass is 32.2. The zero-order chi connectivity index (χ0) is 17.5. The summed E-state index contributed by atoms with van der Waals surface area (Å²) in [5, 5.41) is 10.1. The minimum absolute atomic E-state index is 0.0823. The first-order chi connectivity index (χ1) is 11.2. The molecular weight excluding hydrogens is 352 g/mol. The molecule has 0 aliphatic carbocycles. The van der Waals surface area contributed by atoms with E-state index in [1.54, 1.807) is 12.1 Å². The predicted octanol–water partition coefficient (Wildman–Crippen LogP) is 1.70. The van der Waals surface area contributed by atoms with Crippen LogP contribution in [0.3, 0.4) is 0 Å². The van der Waals surface area contributed by atoms with E-state index in [4.69, 9.17) is 13.7 Å². The number of hydrogen-bond acceptors (Lipinski definition) is 7. The number of hydrogen-bond donors (Lipinski definition) is 1. The molecule has 134 valence electrons. The van der Waals surface area contributed by atoms with Gasteiger partial charge in [0.15, 0.2) is 5.79 Å². The van der Waals surface area contributed by atoms with Gasteiger partial charge in [0.1, 0.15) is 6.10 Å². The lowest BCUT2D eigenvalue weighted by Crippen LogP contribution is -2.39. The summed E-state index contributed by atoms with van der Waals surface area (Å²) in [5.41, 5.74) is 0.961. The van der Waals surface area contributed by atoms with Gasteiger partial charge in [-0.15, -0.1) is 0 Å². The van der Waals surface area contributed by atoms with Gasteiger partial charge in [-0.3, -0.25) is 4.18 Å². The summed E-state index contributed by atoms with van der Waals surface area (Å²) in [6.45, 7) is 5.23. The number of thioether (sulfide) groups is 1. The van der Waals surface area contributed by atoms with E-state index in [2.05, 4.69) is 0 Å². The van der Waals surface area contributed by atoms with Gasteiger partial charge >= 0.3 is 0 Å². The van der Waals surface area contributed by atoms with Crippen molar-refractivity contribution in [1.29, 1.82) is 0 Å². The minimum atomic E-state index is -3.89. The molecule has 0 radical (unpaired) electrons. The van der Waals surface area contributed by atoms with E-state index in [0.717, 1.165) is 5.56 Å². The fourth-order valence-electron chi connectivity index (χ4n) is 2.93. The van der Waals surface area contributed by atoms with Crippen molar-refractivity contribution in [3.8, 4) is 0 Å². The molecule has 0 saturated carbocycles. The molecule has 8 heteroatoms. The monoisotopic (exact) mass is 374 g/mol. The topological polar surface area (TPSA) is 82.1 Å². The average molecular weight is 374 g/mol. The summed E-state index contributed by atoms with van der Waals surface area (Å²) < 4.78 is 41.0. The molecule has 1 aromatic carbocycles. The zero-order valence-electron chi connectivity index (χ0n) is 13.8. The van der Waals surface area contributed by atoms with E-state index >= 15 is 0 Å². The van der Waals surface area contributed by atoms with Crippen molar-refractivity contribution in [2.45, 2.75) is 55.0 Å². The van der Waals surface area contributed by atoms with Gasteiger partial charge in [-0.1, -0.05) is 17.7 Å². The van der Waals surface area contributed by atoms with Crippen LogP contribution in [0.25, 0.3) is 0 Å². The minimum Gasteiger partial charge on any atom is -0.389 e. The molecule has 3 rings (SSSR count). The summed E-state index contributed by atoms with van der Waals surface area (Å²) in [7, 11) is -3.89. The Labute approximate surface area is 146 Å². The van der Waals surface area contributed by atoms with E-state index in [1.807, 2.05) is 20.8 Å². The second kappa shape index (κ2) is 6.59. The second-order valence-electron chi connectivity index (χ2n) is 6.56. The molecule has 1 N–H and O–H groups in total. The van der Waals surface area contributed by atoms with Crippen LogP contribution in [-0.2, 0) is 23.8 Å². The molecule has 1 aromatic rings. The average Bonchev–Trinajstić information content (AvgIpc) is 3.00. The first-order valence-corrected chi connectivity index (χ1v) is 10.2. The molecule has 2 heterocycles. The summed E-state index contributed by atoms with van der Waals surface area (Å²) in [4.78, 5) is 0.0823. The molecule has 2 saturated heterocycles. The molecule has 2 fully saturated rings. The Morgan fingerprint density at radius 1 is 1.33 bits per heavy atom. The maximum Gasteiger partial charge on any atom is 0.297 e. The Morgan fingerprint density at radius 3 is 2.67 bits per heavy atom. The quantitative estimate of drug-likeness (QED) is 0.786. The van der Waals surface area contributed by atoms with Crippen molar-refractivity contribution in [2.75, 3.05) is 12.4 Å². The number of benzene rings is 1. The molecular formula is C16H22O6S2. The highest BCUT2D eigenvalue weighted by Gasteiger charge is 2.51. The van der Waals surface area contributed by atoms with E-state index in [9.17, 15) is 13.5 Å². The fourth-order valence-corrected chi connectivity index (χ4v) is 5.24. The van der Waals surface area contributed by atoms with E-state index in [1.165, 1.54) is 23.9 Å². The SMILES string of the molecule is Cc1ccc(S(=O)(=O)OCC(O)[C@@H]2SCC3OC(C)(C)O[C@@H]32)cc1. The van der Waals surface area contributed by atoms with Crippen LogP contribution in [-0.4, -0.2) is 55.2 Å². The Hall–Kier alpha value is -0.640. The van der Waals surface area contributed by atoms with Crippen molar-refractivity contribution < 1.29 is 27.2 Å². The van der Waals surface area contributed by atoms with Crippen LogP contribution in [0.4, 0.5) is 0 Å². The van der Waals surface area contributed by atoms with Crippen LogP contribution in [0.5, 0.6) is 0 Å². The third-order valence-corrected chi connectivity index (χ3v) is 6.87. The molecule has 24 heavy (non-hydrogen) atoms. The third-order valence-electron chi connectivity index (χ3n) is 4.08. The number of fused-ring (bicyclic) bond motifs is 1. The zero-order valence-corrected chi connectivity index (χ0v) is 15.5. The van der Waals surface area contributed by atoms with Gasteiger partial charge in [-0.05, 0) is 32.9 Å². The molecule has 2 unspecified atom stereocenters. The summed E-state index contributed by atoms with van der Waals surface area (Å²) >= 11 is 1.52. The Balaban J connectivity index is 1.61. The first-order valence-electron chi connectivity index (χ1n) is 7.79. The van der Waals surface area contributed by atoms with Crippen LogP contribution in [0.15, 0.2) is 29.2 Å². The maximum absolute atomic E-state index is 12.2. The number of aliphatic hydroxyl groups excluding tert-OH is 1. The smallest absolute Gasteiger partial charge is 0.297 e. The predicted molar refractivity (Wildman–Crippen MR) is 90.4 cm³/mol. The molecule has 2 aliphatic heterocycles. The Bertz CT molecular complexity index is 685. The molecule has 0 amide bonds. The van der Waals surface area contributed by atoms with Gasteiger partial charge in [0, 0.05) is 5.75 Å². The highest BCUT2D eigenvalue weighted by Crippen LogP contribution is 2.42. The van der Waals surface area contributed by atoms with Crippen molar-refractivity contribution >= 4 is 21.9 Å². The van der Waals surface area contributed by atoms with Crippen LogP contribution < -0.4 is 0 Å². The molecule has 0 bridgehead atoms. The van der Waals surface area contributed by atoms with Crippen molar-refractivity contribution in [3.05, 3.63) is 29.8 Å². The van der Waals surface area contributed by atoms with E-state index < -0.39 is 22.0 Å². The largest absolute Gasteiger partial charge is 0.389 e. The lowest BCUT2D eigenvalue weighted by molar-refractivity contribution is -0.147. The third kappa shape index (κ3) is 3.79. The van der Waals surface area contributed by atoms with E-state index in [0.29, 0.717) is 5.75 Å². The molecule has 4 atom stereocenters. The van der Waals surface area contributed by atoms with Gasteiger partial charge in [-0.25, -0.2) is 0 Å². The molecule has 0 spiro atoms. The van der Waals surface area contributed by atoms with Crippen molar-refractivity contribution in [3.63, 3.8) is 0 Å². The molecule has 6 nitrogen and oxygen atoms in total. The van der Waals surface area contributed by atoms with Gasteiger partial charge in [-0.2, -0.15) is 20.2 Å². The fraction of sp³-hybridized carbons (Fsp3) is 0.625. The van der Waals surface area contributed by atoms with Crippen molar-refractivity contribution in [1.82, 2.24) is 0 Å². The van der Waals surface area contributed by atoms with Crippen LogP contribution in [0.1, 0.15) is 19.4 Å². The van der Waals surface area contributed by atoms with Crippen LogP contribution in [0.2, 0.25) is 0 Å². The Kier molecular flexibility index (Phi) is 4.98. The second-order valence-corrected chi connectivity index (χ2v) is 9.38. The Morgan fingerprint density at radius 2 is 2.00 bits per heavy atom. The first kappa shape index (κ1) is 18.2. The van der Waals surface area contributed by atoms with E-state index in [-0.39, 0.29) is 29.0 Å². The number of aliphatic hydroxyl groups is 1. The van der Waals surface area contributed by atoms with Crippen LogP contribution >= 0.6 is 11.8 Å². The highest BCUT2D eigenvalue weighted by molar-refractivity contribution is 8.00. The maximum atomic E-state index is 12.2. The number of ether oxygens (including phenoxy) is 2. The lowest BCUT2D eigenvalue weighted by atomic mass is 10.1. The number of aryl methyl sites for hydroxylation is 1. The summed E-state index contributed by atoms with van der Waals surface area (Å²) in [6, 6.07) is 6.40. The van der Waals surface area contributed by atoms with Crippen molar-refractivity contribution in [2.24, 2.45) is 0 Å². The summed E-state index contributed by atoms with van der Waals surface area (Å²) in [5.74, 6) is 0.0314. The van der Waals surface area contributed by atoms with Gasteiger partial charge in [0.2, 0.25) is 0 Å². The molecule has 0 aromatic heterocycles. The van der Waals surface area contributed by atoms with Gasteiger partial charge in [0.25, 0.3) is 10.1 Å². The van der Waals surface area contributed by atoms with Gasteiger partial charge in [0.05, 0.1) is 29.0 Å². The summed E-state index contributed by atoms with van der Waals surface area (Å²) in [6.07, 6.45) is -1.30. The molecule has 2 aliphatic rings. The standard InChI is InChI=1S/C16H22O6S2/c1-10-4-6-11(7-5-10)24(18,19)20-8-12(17)15-14-13(9-23-15)21-16(2,3)22-14/h4-7,12-15,17H,8-9H2,1-3H3/t12?,13?,14-,15-/m0/s1. The number of rotatable bonds is 5.